The number of aliphatic carboxylic acids is 1. The summed E-state index contributed by atoms with van der Waals surface area (Å²) in [7, 11) is 1.27. The van der Waals surface area contributed by atoms with E-state index in [-0.39, 0.29) is 23.1 Å². The highest BCUT2D eigenvalue weighted by Crippen LogP contribution is 2.50. The summed E-state index contributed by atoms with van der Waals surface area (Å²) in [6, 6.07) is 2.42. The lowest BCUT2D eigenvalue weighted by Crippen LogP contribution is -2.45. The summed E-state index contributed by atoms with van der Waals surface area (Å²) in [5.74, 6) is -1.10. The number of piperidine rings is 1. The highest BCUT2D eigenvalue weighted by Gasteiger charge is 2.55. The van der Waals surface area contributed by atoms with Crippen molar-refractivity contribution in [3.05, 3.63) is 62.5 Å². The van der Waals surface area contributed by atoms with Crippen molar-refractivity contribution in [3.8, 4) is 0 Å². The molecule has 1 saturated carbocycles. The minimum Gasteiger partial charge on any atom is -0.480 e. The molecule has 0 unspecified atom stereocenters. The van der Waals surface area contributed by atoms with Gasteiger partial charge in [0.25, 0.3) is 0 Å². The Morgan fingerprint density at radius 3 is 2.91 bits per heavy atom. The number of carbonyl (C=O) groups is 2. The third-order valence-electron chi connectivity index (χ3n) is 6.28. The molecule has 2 aromatic rings. The Balaban J connectivity index is 1.60. The molecule has 2 N–H and O–H groups in total. The molecule has 1 saturated heterocycles. The molecule has 2 aliphatic heterocycles. The number of carboxylic acids is 1. The zero-order chi connectivity index (χ0) is 23.3. The van der Waals surface area contributed by atoms with E-state index in [2.05, 4.69) is 10.3 Å². The van der Waals surface area contributed by atoms with E-state index in [1.165, 1.54) is 36.6 Å². The van der Waals surface area contributed by atoms with E-state index in [9.17, 15) is 19.1 Å². The monoisotopic (exact) mass is 490 g/mol. The number of ether oxygens (including phenoxy) is 1. The quantitative estimate of drug-likeness (QED) is 0.600. The van der Waals surface area contributed by atoms with Gasteiger partial charge in [0.1, 0.15) is 17.9 Å². The number of aromatic nitrogens is 1. The number of carbonyl (C=O) groups excluding carboxylic acids is 1. The summed E-state index contributed by atoms with van der Waals surface area (Å²) >= 11 is 7.71. The standard InChI is InChI=1S/C22H20ClFN4O4S/c1-32-22(31)16-15(9-28-8-10-6-13(10)18(28)21(29)30)26-19(20-25-4-5-33-20)27-17(16)12-3-2-11(24)7-14(12)23/h2-5,7,10,13,17-18H,6,8-9H2,1H3,(H,26,27)(H,29,30)/t10-,13-,17-,18-/m0/s1. The number of likely N-dealkylation sites (tertiary alicyclic amines) is 1. The van der Waals surface area contributed by atoms with Crippen molar-refractivity contribution < 1.29 is 23.8 Å². The van der Waals surface area contributed by atoms with Crippen LogP contribution >= 0.6 is 22.9 Å². The topological polar surface area (TPSA) is 104 Å². The van der Waals surface area contributed by atoms with Crippen molar-refractivity contribution in [2.24, 2.45) is 16.8 Å². The van der Waals surface area contributed by atoms with Crippen LogP contribution in [0.3, 0.4) is 0 Å². The molecule has 3 aliphatic rings. The van der Waals surface area contributed by atoms with Crippen LogP contribution in [0.4, 0.5) is 4.39 Å². The lowest BCUT2D eigenvalue weighted by molar-refractivity contribution is -0.142. The van der Waals surface area contributed by atoms with Crippen LogP contribution in [0.1, 0.15) is 23.0 Å². The van der Waals surface area contributed by atoms with Crippen LogP contribution in [-0.4, -0.2) is 59.0 Å². The summed E-state index contributed by atoms with van der Waals surface area (Å²) < 4.78 is 18.8. The first-order chi connectivity index (χ1) is 15.9. The van der Waals surface area contributed by atoms with E-state index < -0.39 is 29.8 Å². The highest BCUT2D eigenvalue weighted by atomic mass is 35.5. The molecule has 0 amide bonds. The third kappa shape index (κ3) is 4.03. The van der Waals surface area contributed by atoms with E-state index in [1.807, 2.05) is 4.90 Å². The average Bonchev–Trinajstić information content (AvgIpc) is 3.18. The van der Waals surface area contributed by atoms with Gasteiger partial charge in [-0.3, -0.25) is 14.7 Å². The Labute approximate surface area is 197 Å². The van der Waals surface area contributed by atoms with E-state index in [0.29, 0.717) is 34.6 Å². The number of amidine groups is 1. The van der Waals surface area contributed by atoms with Crippen molar-refractivity contribution in [3.63, 3.8) is 0 Å². The predicted molar refractivity (Wildman–Crippen MR) is 120 cm³/mol. The molecule has 0 radical (unpaired) electrons. The predicted octanol–water partition coefficient (Wildman–Crippen LogP) is 2.86. The van der Waals surface area contributed by atoms with Gasteiger partial charge in [0.05, 0.1) is 12.7 Å². The normalized spacial score (nSPS) is 26.5. The van der Waals surface area contributed by atoms with E-state index in [1.54, 1.807) is 11.6 Å². The number of esters is 1. The van der Waals surface area contributed by atoms with Gasteiger partial charge in [0.2, 0.25) is 0 Å². The molecule has 4 atom stereocenters. The first kappa shape index (κ1) is 22.0. The fourth-order valence-corrected chi connectivity index (χ4v) is 5.58. The number of fused-ring (bicyclic) bond motifs is 1. The first-order valence-electron chi connectivity index (χ1n) is 10.3. The fraction of sp³-hybridized carbons (Fsp3) is 0.364. The second-order valence-corrected chi connectivity index (χ2v) is 9.57. The molecule has 2 fully saturated rings. The maximum absolute atomic E-state index is 13.7. The number of thiazole rings is 1. The number of halogens is 2. The van der Waals surface area contributed by atoms with Gasteiger partial charge in [-0.15, -0.1) is 11.3 Å². The number of benzene rings is 1. The molecule has 1 aromatic carbocycles. The van der Waals surface area contributed by atoms with Crippen molar-refractivity contribution in [2.75, 3.05) is 20.2 Å². The van der Waals surface area contributed by atoms with Crippen LogP contribution in [0.15, 0.2) is 46.0 Å². The molecule has 172 valence electrons. The molecule has 1 aliphatic carbocycles. The van der Waals surface area contributed by atoms with Crippen LogP contribution in [0.25, 0.3) is 0 Å². The Hall–Kier alpha value is -2.82. The van der Waals surface area contributed by atoms with Gasteiger partial charge in [-0.05, 0) is 30.4 Å². The first-order valence-corrected chi connectivity index (χ1v) is 11.6. The summed E-state index contributed by atoms with van der Waals surface area (Å²) in [4.78, 5) is 35.7. The molecule has 0 spiro atoms. The lowest BCUT2D eigenvalue weighted by atomic mass is 9.95. The smallest absolute Gasteiger partial charge is 0.338 e. The third-order valence-corrected chi connectivity index (χ3v) is 7.39. The number of rotatable bonds is 6. The Morgan fingerprint density at radius 1 is 1.42 bits per heavy atom. The zero-order valence-corrected chi connectivity index (χ0v) is 19.1. The molecule has 8 nitrogen and oxygen atoms in total. The van der Waals surface area contributed by atoms with Crippen LogP contribution in [-0.2, 0) is 14.3 Å². The minimum absolute atomic E-state index is 0.121. The lowest BCUT2D eigenvalue weighted by Gasteiger charge is -2.31. The summed E-state index contributed by atoms with van der Waals surface area (Å²) in [5.41, 5.74) is 1.11. The number of carboxylic acid groups (broad SMARTS) is 1. The largest absolute Gasteiger partial charge is 0.480 e. The second kappa shape index (κ2) is 8.51. The van der Waals surface area contributed by atoms with Crippen LogP contribution in [0.2, 0.25) is 5.02 Å². The molecule has 1 aromatic heterocycles. The van der Waals surface area contributed by atoms with E-state index in [4.69, 9.17) is 21.3 Å². The van der Waals surface area contributed by atoms with Crippen LogP contribution < -0.4 is 5.32 Å². The summed E-state index contributed by atoms with van der Waals surface area (Å²) in [5, 5.41) is 15.5. The van der Waals surface area contributed by atoms with Gasteiger partial charge >= 0.3 is 11.9 Å². The molecule has 3 heterocycles. The van der Waals surface area contributed by atoms with E-state index in [0.717, 1.165) is 6.42 Å². The number of methoxy groups -OCH3 is 1. The van der Waals surface area contributed by atoms with Crippen LogP contribution in [0, 0.1) is 17.7 Å². The number of hydrogen-bond donors (Lipinski definition) is 2. The Kier molecular flexibility index (Phi) is 5.67. The SMILES string of the molecule is COC(=O)C1=C(CN2C[C@@H]3C[C@@H]3[C@H]2C(=O)O)NC(c2nccs2)=N[C@H]1c1ccc(F)cc1Cl. The molecule has 5 rings (SSSR count). The number of aliphatic imine (C=N–C) groups is 1. The maximum atomic E-state index is 13.7. The van der Waals surface area contributed by atoms with Gasteiger partial charge in [-0.25, -0.2) is 14.2 Å². The molecular weight excluding hydrogens is 471 g/mol. The molecule has 33 heavy (non-hydrogen) atoms. The van der Waals surface area contributed by atoms with Gasteiger partial charge in [-0.1, -0.05) is 17.7 Å². The Bertz CT molecular complexity index is 1190. The fourth-order valence-electron chi connectivity index (χ4n) is 4.73. The van der Waals surface area contributed by atoms with Crippen LogP contribution in [0.5, 0.6) is 0 Å². The van der Waals surface area contributed by atoms with Gasteiger partial charge in [-0.2, -0.15) is 0 Å². The summed E-state index contributed by atoms with van der Waals surface area (Å²) in [6.07, 6.45) is 2.54. The van der Waals surface area contributed by atoms with Gasteiger partial charge in [0.15, 0.2) is 10.8 Å². The number of nitrogens with zero attached hydrogens (tertiary/aromatic N) is 3. The summed E-state index contributed by atoms with van der Waals surface area (Å²) in [6.45, 7) is 0.821. The molecule has 0 bridgehead atoms. The van der Waals surface area contributed by atoms with Gasteiger partial charge in [0, 0.05) is 40.9 Å². The zero-order valence-electron chi connectivity index (χ0n) is 17.5. The average molecular weight is 491 g/mol. The number of nitrogens with one attached hydrogen (secondary N) is 1. The Morgan fingerprint density at radius 2 is 2.24 bits per heavy atom. The van der Waals surface area contributed by atoms with Crippen molar-refractivity contribution in [1.29, 1.82) is 0 Å². The van der Waals surface area contributed by atoms with E-state index >= 15 is 0 Å². The van der Waals surface area contributed by atoms with Crippen molar-refractivity contribution in [1.82, 2.24) is 15.2 Å². The highest BCUT2D eigenvalue weighted by molar-refractivity contribution is 7.11. The second-order valence-electron chi connectivity index (χ2n) is 8.26. The van der Waals surface area contributed by atoms with Crippen molar-refractivity contribution in [2.45, 2.75) is 18.5 Å². The minimum atomic E-state index is -0.874. The van der Waals surface area contributed by atoms with Gasteiger partial charge < -0.3 is 15.2 Å². The molecular formula is C22H20ClFN4O4S. The maximum Gasteiger partial charge on any atom is 0.338 e. The number of hydrogen-bond acceptors (Lipinski definition) is 8. The molecule has 11 heteroatoms. The van der Waals surface area contributed by atoms with Crippen molar-refractivity contribution >= 4 is 40.7 Å².